The van der Waals surface area contributed by atoms with Gasteiger partial charge in [0.15, 0.2) is 6.29 Å². The van der Waals surface area contributed by atoms with Crippen molar-refractivity contribution in [2.75, 3.05) is 0 Å². The maximum absolute atomic E-state index is 13.3. The summed E-state index contributed by atoms with van der Waals surface area (Å²) in [5.74, 6) is 1.98. The summed E-state index contributed by atoms with van der Waals surface area (Å²) in [6.07, 6.45) is 12.3. The van der Waals surface area contributed by atoms with Gasteiger partial charge in [-0.3, -0.25) is 19.2 Å². The van der Waals surface area contributed by atoms with Crippen LogP contribution in [0.15, 0.2) is 30.3 Å². The molecule has 214 valence electrons. The van der Waals surface area contributed by atoms with Gasteiger partial charge in [-0.15, -0.1) is 0 Å². The molecule has 0 atom stereocenters. The molecule has 5 rings (SSSR count). The minimum atomic E-state index is -0.385. The third-order valence-electron chi connectivity index (χ3n) is 9.99. The second-order valence-electron chi connectivity index (χ2n) is 12.6. The van der Waals surface area contributed by atoms with E-state index in [1.165, 1.54) is 31.7 Å². The number of rotatable bonds is 7. The molecule has 3 fully saturated rings. The van der Waals surface area contributed by atoms with Gasteiger partial charge >= 0.3 is 11.9 Å². The Bertz CT molecular complexity index is 1240. The van der Waals surface area contributed by atoms with Crippen LogP contribution >= 0.6 is 0 Å². The summed E-state index contributed by atoms with van der Waals surface area (Å²) in [5, 5.41) is 1.20. The van der Waals surface area contributed by atoms with Gasteiger partial charge in [0.1, 0.15) is 17.3 Å². The van der Waals surface area contributed by atoms with Crippen LogP contribution in [0, 0.1) is 35.5 Å². The van der Waals surface area contributed by atoms with E-state index in [0.717, 1.165) is 37.5 Å². The molecular weight excluding hydrogens is 504 g/mol. The Labute approximate surface area is 237 Å². The van der Waals surface area contributed by atoms with E-state index in [9.17, 15) is 19.2 Å². The smallest absolute Gasteiger partial charge is 0.314 e. The number of aldehydes is 1. The predicted octanol–water partition coefficient (Wildman–Crippen LogP) is 7.49. The molecule has 0 unspecified atom stereocenters. The lowest BCUT2D eigenvalue weighted by Crippen LogP contribution is -2.30. The summed E-state index contributed by atoms with van der Waals surface area (Å²) >= 11 is 0. The number of esters is 2. The molecule has 0 heterocycles. The highest BCUT2D eigenvalue weighted by Gasteiger charge is 2.34. The van der Waals surface area contributed by atoms with Crippen LogP contribution in [0.4, 0.5) is 0 Å². The Morgan fingerprint density at radius 2 is 1.20 bits per heavy atom. The van der Waals surface area contributed by atoms with Crippen LogP contribution in [-0.4, -0.2) is 24.0 Å². The van der Waals surface area contributed by atoms with E-state index < -0.39 is 0 Å². The Hall–Kier alpha value is -3.02. The van der Waals surface area contributed by atoms with Crippen molar-refractivity contribution in [1.82, 2.24) is 0 Å². The molecule has 0 N–H and O–H groups in total. The minimum absolute atomic E-state index is 0.00973. The van der Waals surface area contributed by atoms with Crippen LogP contribution in [0.25, 0.3) is 10.8 Å². The molecule has 0 bridgehead atoms. The van der Waals surface area contributed by atoms with E-state index in [0.29, 0.717) is 54.4 Å². The Morgan fingerprint density at radius 3 is 1.77 bits per heavy atom. The standard InChI is InChI=1S/C34H42O6/c1-21-7-9-24(10-8-21)25-13-17-26(18-14-25)33(37)39-31-19-28(20-35)32(30-6-4-3-5-29(30)31)40-34(38)27-15-11-23(12-16-27)22(2)36/h3-6,19-21,23-27H,7-18H2,1-2H3. The molecule has 0 aliphatic heterocycles. The first-order chi connectivity index (χ1) is 19.3. The SMILES string of the molecule is CC(=O)C1CCC(C(=O)Oc2c(C=O)cc(OC(=O)C3CCC(C4CCC(C)CC4)CC3)c3ccccc23)CC1. The predicted molar refractivity (Wildman–Crippen MR) is 153 cm³/mol. The van der Waals surface area contributed by atoms with Gasteiger partial charge in [0.25, 0.3) is 0 Å². The average molecular weight is 547 g/mol. The first kappa shape index (κ1) is 28.5. The molecular formula is C34H42O6. The fraction of sp³-hybridized carbons (Fsp3) is 0.588. The van der Waals surface area contributed by atoms with Crippen molar-refractivity contribution < 1.29 is 28.7 Å². The quantitative estimate of drug-likeness (QED) is 0.203. The van der Waals surface area contributed by atoms with Gasteiger partial charge in [0.05, 0.1) is 17.4 Å². The van der Waals surface area contributed by atoms with E-state index in [-0.39, 0.29) is 46.8 Å². The van der Waals surface area contributed by atoms with Crippen molar-refractivity contribution in [2.24, 2.45) is 35.5 Å². The van der Waals surface area contributed by atoms with Crippen molar-refractivity contribution >= 4 is 34.8 Å². The number of Topliss-reactive ketones (excluding diaryl/α,β-unsaturated/α-hetero) is 1. The summed E-state index contributed by atoms with van der Waals surface area (Å²) in [6, 6.07) is 8.78. The van der Waals surface area contributed by atoms with E-state index in [4.69, 9.17) is 9.47 Å². The van der Waals surface area contributed by atoms with E-state index >= 15 is 0 Å². The average Bonchev–Trinajstić information content (AvgIpc) is 2.98. The molecule has 0 saturated heterocycles. The zero-order chi connectivity index (χ0) is 28.2. The summed E-state index contributed by atoms with van der Waals surface area (Å²) < 4.78 is 11.8. The largest absolute Gasteiger partial charge is 0.426 e. The van der Waals surface area contributed by atoms with Gasteiger partial charge in [-0.1, -0.05) is 44.0 Å². The number of hydrogen-bond donors (Lipinski definition) is 0. The number of carbonyl (C=O) groups is 4. The van der Waals surface area contributed by atoms with Crippen LogP contribution in [0.2, 0.25) is 0 Å². The molecule has 0 spiro atoms. The molecule has 3 aliphatic carbocycles. The van der Waals surface area contributed by atoms with E-state index in [1.807, 2.05) is 18.2 Å². The van der Waals surface area contributed by atoms with E-state index in [1.54, 1.807) is 13.0 Å². The van der Waals surface area contributed by atoms with Crippen molar-refractivity contribution in [3.63, 3.8) is 0 Å². The zero-order valence-corrected chi connectivity index (χ0v) is 23.9. The van der Waals surface area contributed by atoms with Gasteiger partial charge in [0.2, 0.25) is 0 Å². The lowest BCUT2D eigenvalue weighted by molar-refractivity contribution is -0.141. The number of ether oxygens (including phenoxy) is 2. The third kappa shape index (κ3) is 6.31. The normalized spacial score (nSPS) is 28.9. The monoisotopic (exact) mass is 546 g/mol. The summed E-state index contributed by atoms with van der Waals surface area (Å²) in [4.78, 5) is 50.2. The number of hydrogen-bond acceptors (Lipinski definition) is 6. The molecule has 0 aromatic heterocycles. The van der Waals surface area contributed by atoms with E-state index in [2.05, 4.69) is 6.92 Å². The van der Waals surface area contributed by atoms with Gasteiger partial charge < -0.3 is 9.47 Å². The Kier molecular flexibility index (Phi) is 9.02. The highest BCUT2D eigenvalue weighted by Crippen LogP contribution is 2.43. The van der Waals surface area contributed by atoms with Crippen LogP contribution < -0.4 is 9.47 Å². The molecule has 6 nitrogen and oxygen atoms in total. The van der Waals surface area contributed by atoms with Gasteiger partial charge in [0, 0.05) is 16.7 Å². The maximum Gasteiger partial charge on any atom is 0.314 e. The molecule has 6 heteroatoms. The van der Waals surface area contributed by atoms with Gasteiger partial charge in [-0.2, -0.15) is 0 Å². The number of ketones is 1. The lowest BCUT2D eigenvalue weighted by atomic mass is 9.69. The molecule has 2 aromatic rings. The summed E-state index contributed by atoms with van der Waals surface area (Å²) in [7, 11) is 0. The van der Waals surface area contributed by atoms with Crippen LogP contribution in [0.5, 0.6) is 11.5 Å². The maximum atomic E-state index is 13.3. The molecule has 0 radical (unpaired) electrons. The fourth-order valence-electron chi connectivity index (χ4n) is 7.32. The number of carbonyl (C=O) groups excluding carboxylic acids is 4. The third-order valence-corrected chi connectivity index (χ3v) is 9.99. The molecule has 3 aliphatic rings. The topological polar surface area (TPSA) is 86.7 Å². The highest BCUT2D eigenvalue weighted by molar-refractivity contribution is 6.02. The Morgan fingerprint density at radius 1 is 0.700 bits per heavy atom. The van der Waals surface area contributed by atoms with Crippen molar-refractivity contribution in [3.8, 4) is 11.5 Å². The van der Waals surface area contributed by atoms with Gasteiger partial charge in [-0.25, -0.2) is 0 Å². The van der Waals surface area contributed by atoms with Crippen LogP contribution in [-0.2, 0) is 14.4 Å². The molecule has 0 amide bonds. The lowest BCUT2D eigenvalue weighted by Gasteiger charge is -2.36. The van der Waals surface area contributed by atoms with Crippen LogP contribution in [0.3, 0.4) is 0 Å². The molecule has 40 heavy (non-hydrogen) atoms. The first-order valence-electron chi connectivity index (χ1n) is 15.3. The van der Waals surface area contributed by atoms with Crippen LogP contribution in [0.1, 0.15) is 101 Å². The van der Waals surface area contributed by atoms with Crippen molar-refractivity contribution in [2.45, 2.75) is 90.9 Å². The Balaban J connectivity index is 1.27. The van der Waals surface area contributed by atoms with Crippen molar-refractivity contribution in [1.29, 1.82) is 0 Å². The highest BCUT2D eigenvalue weighted by atomic mass is 16.5. The van der Waals surface area contributed by atoms with Gasteiger partial charge in [-0.05, 0) is 95.0 Å². The zero-order valence-electron chi connectivity index (χ0n) is 23.9. The molecule has 2 aromatic carbocycles. The minimum Gasteiger partial charge on any atom is -0.426 e. The number of fused-ring (bicyclic) bond motifs is 1. The second kappa shape index (κ2) is 12.7. The molecule has 3 saturated carbocycles. The first-order valence-corrected chi connectivity index (χ1v) is 15.3. The van der Waals surface area contributed by atoms with Crippen molar-refractivity contribution in [3.05, 3.63) is 35.9 Å². The second-order valence-corrected chi connectivity index (χ2v) is 12.6. The fourth-order valence-corrected chi connectivity index (χ4v) is 7.32. The number of benzene rings is 2. The summed E-state index contributed by atoms with van der Waals surface area (Å²) in [6.45, 7) is 3.95. The summed E-state index contributed by atoms with van der Waals surface area (Å²) in [5.41, 5.74) is 0.183.